The second kappa shape index (κ2) is 7.94. The number of likely N-dealkylation sites (tertiary alicyclic amines) is 1. The van der Waals surface area contributed by atoms with Crippen LogP contribution in [-0.2, 0) is 16.0 Å². The van der Waals surface area contributed by atoms with Crippen molar-refractivity contribution < 1.29 is 19.1 Å². The predicted molar refractivity (Wildman–Crippen MR) is 111 cm³/mol. The summed E-state index contributed by atoms with van der Waals surface area (Å²) in [7, 11) is 1.59. The standard InChI is InChI=1S/C20H24N6O4S/c1-20(2,3)30-19(28)25-9-13(5-14(25)11-29-4)24-10-15-16(17(24)27)31-18(23-15)26-8-12(6-21)7-22-26/h7-8,13-14H,5,9-11H2,1-4H3/t13-,14+/m1/s1. The van der Waals surface area contributed by atoms with E-state index in [1.165, 1.54) is 22.2 Å². The van der Waals surface area contributed by atoms with Crippen molar-refractivity contribution in [3.05, 3.63) is 28.5 Å². The number of hydrogen-bond acceptors (Lipinski definition) is 8. The summed E-state index contributed by atoms with van der Waals surface area (Å²) < 4.78 is 12.4. The number of nitriles is 1. The van der Waals surface area contributed by atoms with E-state index in [9.17, 15) is 9.59 Å². The number of amides is 2. The first-order valence-electron chi connectivity index (χ1n) is 9.94. The Kier molecular flexibility index (Phi) is 5.45. The summed E-state index contributed by atoms with van der Waals surface area (Å²) in [6, 6.07) is 1.73. The van der Waals surface area contributed by atoms with Crippen LogP contribution >= 0.6 is 11.3 Å². The molecule has 0 radical (unpaired) electrons. The molecule has 164 valence electrons. The molecule has 4 rings (SSSR count). The highest BCUT2D eigenvalue weighted by atomic mass is 32.1. The fraction of sp³-hybridized carbons (Fsp3) is 0.550. The van der Waals surface area contributed by atoms with E-state index in [0.29, 0.717) is 47.4 Å². The molecule has 0 unspecified atom stereocenters. The minimum Gasteiger partial charge on any atom is -0.444 e. The van der Waals surface area contributed by atoms with Gasteiger partial charge in [-0.3, -0.25) is 4.79 Å². The smallest absolute Gasteiger partial charge is 0.410 e. The van der Waals surface area contributed by atoms with Gasteiger partial charge in [0.1, 0.15) is 16.5 Å². The molecule has 2 atom stereocenters. The van der Waals surface area contributed by atoms with Crippen LogP contribution in [0.4, 0.5) is 4.79 Å². The van der Waals surface area contributed by atoms with Gasteiger partial charge in [-0.15, -0.1) is 0 Å². The topological polar surface area (TPSA) is 114 Å². The Balaban J connectivity index is 1.49. The number of ether oxygens (including phenoxy) is 2. The summed E-state index contributed by atoms with van der Waals surface area (Å²) in [5.41, 5.74) is 0.525. The molecule has 4 heterocycles. The molecule has 1 fully saturated rings. The van der Waals surface area contributed by atoms with Gasteiger partial charge < -0.3 is 19.3 Å². The Bertz CT molecular complexity index is 1050. The molecule has 2 aliphatic rings. The fourth-order valence-corrected chi connectivity index (χ4v) is 4.83. The lowest BCUT2D eigenvalue weighted by molar-refractivity contribution is 0.0140. The lowest BCUT2D eigenvalue weighted by Gasteiger charge is -2.28. The third-order valence-electron chi connectivity index (χ3n) is 5.19. The van der Waals surface area contributed by atoms with Crippen molar-refractivity contribution in [2.45, 2.75) is 51.4 Å². The lowest BCUT2D eigenvalue weighted by atomic mass is 10.1. The van der Waals surface area contributed by atoms with Crippen molar-refractivity contribution >= 4 is 23.3 Å². The van der Waals surface area contributed by atoms with Gasteiger partial charge >= 0.3 is 6.09 Å². The largest absolute Gasteiger partial charge is 0.444 e. The normalized spacial score (nSPS) is 20.8. The van der Waals surface area contributed by atoms with E-state index in [1.807, 2.05) is 26.8 Å². The summed E-state index contributed by atoms with van der Waals surface area (Å²) in [6.45, 7) is 6.63. The van der Waals surface area contributed by atoms with E-state index >= 15 is 0 Å². The van der Waals surface area contributed by atoms with E-state index in [4.69, 9.17) is 14.7 Å². The number of thiazole rings is 1. The Morgan fingerprint density at radius 1 is 1.42 bits per heavy atom. The number of methoxy groups -OCH3 is 1. The average Bonchev–Trinajstić information content (AvgIpc) is 3.44. The Morgan fingerprint density at radius 3 is 2.81 bits per heavy atom. The maximum Gasteiger partial charge on any atom is 0.410 e. The fourth-order valence-electron chi connectivity index (χ4n) is 3.87. The lowest BCUT2D eigenvalue weighted by Crippen LogP contribution is -2.43. The molecule has 1 saturated heterocycles. The third-order valence-corrected chi connectivity index (χ3v) is 6.26. The number of rotatable bonds is 4. The van der Waals surface area contributed by atoms with Crippen molar-refractivity contribution in [1.82, 2.24) is 24.6 Å². The molecule has 0 N–H and O–H groups in total. The zero-order chi connectivity index (χ0) is 22.3. The van der Waals surface area contributed by atoms with E-state index in [-0.39, 0.29) is 18.0 Å². The summed E-state index contributed by atoms with van der Waals surface area (Å²) >= 11 is 1.25. The van der Waals surface area contributed by atoms with E-state index in [1.54, 1.807) is 23.1 Å². The summed E-state index contributed by atoms with van der Waals surface area (Å²) in [5, 5.41) is 13.6. The van der Waals surface area contributed by atoms with Crippen molar-refractivity contribution in [2.75, 3.05) is 20.3 Å². The molecule has 0 saturated carbocycles. The van der Waals surface area contributed by atoms with Crippen LogP contribution in [0.1, 0.15) is 48.1 Å². The first-order valence-corrected chi connectivity index (χ1v) is 10.8. The highest BCUT2D eigenvalue weighted by Crippen LogP contribution is 2.34. The van der Waals surface area contributed by atoms with Crippen molar-refractivity contribution in [3.63, 3.8) is 0 Å². The Hall–Kier alpha value is -2.97. The molecular weight excluding hydrogens is 420 g/mol. The van der Waals surface area contributed by atoms with E-state index in [2.05, 4.69) is 10.1 Å². The molecular formula is C20H24N6O4S. The van der Waals surface area contributed by atoms with Crippen LogP contribution in [0.3, 0.4) is 0 Å². The Labute approximate surface area is 184 Å². The van der Waals surface area contributed by atoms with Gasteiger partial charge in [-0.1, -0.05) is 11.3 Å². The average molecular weight is 445 g/mol. The molecule has 10 nitrogen and oxygen atoms in total. The number of carbonyl (C=O) groups is 2. The Morgan fingerprint density at radius 2 is 2.19 bits per heavy atom. The highest BCUT2D eigenvalue weighted by molar-refractivity contribution is 7.16. The summed E-state index contributed by atoms with van der Waals surface area (Å²) in [5.74, 6) is -0.0985. The third kappa shape index (κ3) is 4.13. The van der Waals surface area contributed by atoms with Crippen LogP contribution in [0, 0.1) is 11.3 Å². The van der Waals surface area contributed by atoms with Gasteiger partial charge in [0.15, 0.2) is 0 Å². The van der Waals surface area contributed by atoms with Crippen molar-refractivity contribution in [3.8, 4) is 11.2 Å². The molecule has 2 aromatic rings. The molecule has 0 aromatic carbocycles. The van der Waals surface area contributed by atoms with Crippen LogP contribution in [0.25, 0.3) is 5.13 Å². The first-order chi connectivity index (χ1) is 14.7. The van der Waals surface area contributed by atoms with Crippen molar-refractivity contribution in [1.29, 1.82) is 5.26 Å². The number of aromatic nitrogens is 3. The van der Waals surface area contributed by atoms with E-state index < -0.39 is 11.7 Å². The molecule has 31 heavy (non-hydrogen) atoms. The quantitative estimate of drug-likeness (QED) is 0.710. The second-order valence-electron chi connectivity index (χ2n) is 8.62. The molecule has 2 aliphatic heterocycles. The van der Waals surface area contributed by atoms with Gasteiger partial charge in [-0.05, 0) is 27.2 Å². The van der Waals surface area contributed by atoms with Crippen LogP contribution in [0.5, 0.6) is 0 Å². The molecule has 0 aliphatic carbocycles. The highest BCUT2D eigenvalue weighted by Gasteiger charge is 2.44. The van der Waals surface area contributed by atoms with Gasteiger partial charge in [0, 0.05) is 13.7 Å². The van der Waals surface area contributed by atoms with Crippen LogP contribution < -0.4 is 0 Å². The minimum absolute atomic E-state index is 0.0985. The van der Waals surface area contributed by atoms with Gasteiger partial charge in [0.25, 0.3) is 5.91 Å². The van der Waals surface area contributed by atoms with Gasteiger partial charge in [-0.2, -0.15) is 10.4 Å². The minimum atomic E-state index is -0.599. The molecule has 0 bridgehead atoms. The van der Waals surface area contributed by atoms with Crippen LogP contribution in [-0.4, -0.2) is 74.5 Å². The van der Waals surface area contributed by atoms with E-state index in [0.717, 1.165) is 0 Å². The van der Waals surface area contributed by atoms with Crippen molar-refractivity contribution in [2.24, 2.45) is 0 Å². The molecule has 2 amide bonds. The second-order valence-corrected chi connectivity index (χ2v) is 9.60. The number of nitrogens with zero attached hydrogens (tertiary/aromatic N) is 6. The summed E-state index contributed by atoms with van der Waals surface area (Å²) in [4.78, 5) is 34.4. The van der Waals surface area contributed by atoms with Gasteiger partial charge in [0.05, 0.1) is 48.9 Å². The molecule has 2 aromatic heterocycles. The van der Waals surface area contributed by atoms with Gasteiger partial charge in [-0.25, -0.2) is 14.5 Å². The molecule has 11 heteroatoms. The zero-order valence-corrected chi connectivity index (χ0v) is 18.7. The summed E-state index contributed by atoms with van der Waals surface area (Å²) in [6.07, 6.45) is 3.26. The van der Waals surface area contributed by atoms with Crippen LogP contribution in [0.2, 0.25) is 0 Å². The van der Waals surface area contributed by atoms with Crippen LogP contribution in [0.15, 0.2) is 12.4 Å². The number of fused-ring (bicyclic) bond motifs is 1. The maximum absolute atomic E-state index is 13.1. The first kappa shape index (κ1) is 21.3. The SMILES string of the molecule is COC[C@@H]1C[C@@H](N2Cc3nc(-n4cc(C#N)cn4)sc3C2=O)CN1C(=O)OC(C)(C)C. The molecule has 0 spiro atoms. The number of carbonyl (C=O) groups excluding carboxylic acids is 2. The maximum atomic E-state index is 13.1. The van der Waals surface area contributed by atoms with Gasteiger partial charge in [0.2, 0.25) is 5.13 Å². The monoisotopic (exact) mass is 444 g/mol. The number of hydrogen-bond donors (Lipinski definition) is 0. The zero-order valence-electron chi connectivity index (χ0n) is 17.9. The predicted octanol–water partition coefficient (Wildman–Crippen LogP) is 2.18.